The van der Waals surface area contributed by atoms with Crippen molar-refractivity contribution in [3.63, 3.8) is 0 Å². The molecule has 0 saturated carbocycles. The van der Waals surface area contributed by atoms with Gasteiger partial charge in [-0.1, -0.05) is 36.4 Å². The molecule has 28 heavy (non-hydrogen) atoms. The lowest BCUT2D eigenvalue weighted by molar-refractivity contribution is 0.101. The van der Waals surface area contributed by atoms with Crippen molar-refractivity contribution in [2.75, 3.05) is 6.61 Å². The largest absolute Gasteiger partial charge is 0.489 e. The lowest BCUT2D eigenvalue weighted by atomic mass is 10.0. The maximum Gasteiger partial charge on any atom is 0.232 e. The van der Waals surface area contributed by atoms with Crippen LogP contribution in [-0.4, -0.2) is 12.4 Å². The van der Waals surface area contributed by atoms with Crippen LogP contribution in [0, 0.1) is 13.8 Å². The summed E-state index contributed by atoms with van der Waals surface area (Å²) in [5.74, 6) is 1.54. The van der Waals surface area contributed by atoms with Crippen molar-refractivity contribution >= 4 is 29.3 Å². The Labute approximate surface area is 168 Å². The fourth-order valence-corrected chi connectivity index (χ4v) is 3.95. The molecule has 140 valence electrons. The molecule has 4 rings (SSSR count). The van der Waals surface area contributed by atoms with Gasteiger partial charge in [0.2, 0.25) is 5.78 Å². The summed E-state index contributed by atoms with van der Waals surface area (Å²) < 4.78 is 11.7. The van der Waals surface area contributed by atoms with Crippen LogP contribution in [0.2, 0.25) is 0 Å². The molecule has 0 aliphatic carbocycles. The number of ether oxygens (including phenoxy) is 2. The van der Waals surface area contributed by atoms with E-state index >= 15 is 0 Å². The fraction of sp³-hybridized carbons (Fsp3) is 0.125. The van der Waals surface area contributed by atoms with Gasteiger partial charge in [-0.25, -0.2) is 0 Å². The molecule has 0 spiro atoms. The van der Waals surface area contributed by atoms with Crippen LogP contribution in [-0.2, 0) is 0 Å². The van der Waals surface area contributed by atoms with Gasteiger partial charge in [-0.05, 0) is 54.1 Å². The standard InChI is InChI=1S/C24H20O3S/c1-16-10-12-28-22(16)15-21-24(25)23-17(2)13-19(14-20(23)27-21)26-11-6-9-18-7-4-3-5-8-18/h3-10,12-15H,11H2,1-2H3/b9-6+,21-15-. The third-order valence-corrected chi connectivity index (χ3v) is 5.53. The highest BCUT2D eigenvalue weighted by Gasteiger charge is 2.30. The molecule has 0 atom stereocenters. The summed E-state index contributed by atoms with van der Waals surface area (Å²) in [7, 11) is 0. The number of fused-ring (bicyclic) bond motifs is 1. The first-order valence-electron chi connectivity index (χ1n) is 9.09. The van der Waals surface area contributed by atoms with E-state index in [1.807, 2.05) is 79.9 Å². The lowest BCUT2D eigenvalue weighted by Gasteiger charge is -2.07. The molecule has 3 nitrogen and oxygen atoms in total. The Morgan fingerprint density at radius 2 is 1.89 bits per heavy atom. The van der Waals surface area contributed by atoms with Crippen molar-refractivity contribution in [3.05, 3.63) is 92.9 Å². The number of carbonyl (C=O) groups excluding carboxylic acids is 1. The van der Waals surface area contributed by atoms with Crippen LogP contribution in [0.5, 0.6) is 11.5 Å². The average molecular weight is 388 g/mol. The molecule has 2 heterocycles. The number of ketones is 1. The minimum Gasteiger partial charge on any atom is -0.489 e. The van der Waals surface area contributed by atoms with Crippen LogP contribution in [0.4, 0.5) is 0 Å². The molecular formula is C24H20O3S. The molecule has 0 bridgehead atoms. The Hall–Kier alpha value is -3.11. The monoisotopic (exact) mass is 388 g/mol. The highest BCUT2D eigenvalue weighted by atomic mass is 32.1. The molecule has 3 aromatic rings. The van der Waals surface area contributed by atoms with Gasteiger partial charge >= 0.3 is 0 Å². The molecule has 0 unspecified atom stereocenters. The predicted octanol–water partition coefficient (Wildman–Crippen LogP) is 6.07. The third-order valence-electron chi connectivity index (χ3n) is 4.56. The van der Waals surface area contributed by atoms with Gasteiger partial charge in [-0.2, -0.15) is 0 Å². The Balaban J connectivity index is 1.49. The summed E-state index contributed by atoms with van der Waals surface area (Å²) in [5, 5.41) is 2.01. The second-order valence-corrected chi connectivity index (χ2v) is 7.59. The van der Waals surface area contributed by atoms with Gasteiger partial charge < -0.3 is 9.47 Å². The summed E-state index contributed by atoms with van der Waals surface area (Å²) in [6.45, 7) is 4.37. The SMILES string of the molecule is Cc1ccsc1/C=C1\Oc2cc(OC/C=C/c3ccccc3)cc(C)c2C1=O. The smallest absolute Gasteiger partial charge is 0.232 e. The van der Waals surface area contributed by atoms with E-state index in [1.54, 1.807) is 17.4 Å². The van der Waals surface area contributed by atoms with Crippen LogP contribution in [0.15, 0.2) is 65.7 Å². The van der Waals surface area contributed by atoms with E-state index in [1.165, 1.54) is 0 Å². The highest BCUT2D eigenvalue weighted by Crippen LogP contribution is 2.38. The van der Waals surface area contributed by atoms with Gasteiger partial charge in [-0.15, -0.1) is 11.3 Å². The van der Waals surface area contributed by atoms with Crippen LogP contribution < -0.4 is 9.47 Å². The summed E-state index contributed by atoms with van der Waals surface area (Å²) in [4.78, 5) is 13.8. The van der Waals surface area contributed by atoms with E-state index in [4.69, 9.17) is 9.47 Å². The Kier molecular flexibility index (Phi) is 5.13. The normalized spacial score (nSPS) is 14.5. The second-order valence-electron chi connectivity index (χ2n) is 6.65. The van der Waals surface area contributed by atoms with E-state index in [9.17, 15) is 4.79 Å². The first-order valence-corrected chi connectivity index (χ1v) is 9.97. The average Bonchev–Trinajstić information content (AvgIpc) is 3.23. The first kappa shape index (κ1) is 18.3. The minimum absolute atomic E-state index is 0.0733. The Morgan fingerprint density at radius 3 is 2.64 bits per heavy atom. The van der Waals surface area contributed by atoms with E-state index in [0.29, 0.717) is 29.4 Å². The van der Waals surface area contributed by atoms with Gasteiger partial charge in [0.1, 0.15) is 18.1 Å². The fourth-order valence-electron chi connectivity index (χ4n) is 3.10. The van der Waals surface area contributed by atoms with E-state index in [0.717, 1.165) is 21.6 Å². The molecule has 1 aromatic heterocycles. The van der Waals surface area contributed by atoms with Crippen molar-refractivity contribution in [1.29, 1.82) is 0 Å². The van der Waals surface area contributed by atoms with Crippen molar-refractivity contribution in [2.45, 2.75) is 13.8 Å². The summed E-state index contributed by atoms with van der Waals surface area (Å²) in [5.41, 5.74) is 3.74. The van der Waals surface area contributed by atoms with Crippen LogP contribution in [0.1, 0.15) is 31.9 Å². The van der Waals surface area contributed by atoms with Crippen molar-refractivity contribution < 1.29 is 14.3 Å². The number of allylic oxidation sites excluding steroid dienone is 1. The number of benzene rings is 2. The van der Waals surface area contributed by atoms with E-state index < -0.39 is 0 Å². The zero-order valence-corrected chi connectivity index (χ0v) is 16.6. The minimum atomic E-state index is -0.0733. The van der Waals surface area contributed by atoms with Gasteiger partial charge in [0.25, 0.3) is 0 Å². The van der Waals surface area contributed by atoms with Crippen LogP contribution in [0.3, 0.4) is 0 Å². The number of hydrogen-bond acceptors (Lipinski definition) is 4. The van der Waals surface area contributed by atoms with Crippen LogP contribution >= 0.6 is 11.3 Å². The molecule has 0 N–H and O–H groups in total. The maximum atomic E-state index is 12.7. The topological polar surface area (TPSA) is 35.5 Å². The van der Waals surface area contributed by atoms with Crippen LogP contribution in [0.25, 0.3) is 12.2 Å². The number of hydrogen-bond donors (Lipinski definition) is 0. The van der Waals surface area contributed by atoms with E-state index in [2.05, 4.69) is 0 Å². The van der Waals surface area contributed by atoms with Gasteiger partial charge in [0.05, 0.1) is 5.56 Å². The summed E-state index contributed by atoms with van der Waals surface area (Å²) >= 11 is 1.60. The molecule has 4 heteroatoms. The quantitative estimate of drug-likeness (QED) is 0.497. The number of thiophene rings is 1. The molecule has 1 aliphatic rings. The summed E-state index contributed by atoms with van der Waals surface area (Å²) in [6.07, 6.45) is 5.81. The molecular weight excluding hydrogens is 368 g/mol. The number of Topliss-reactive ketones (excluding diaryl/α,β-unsaturated/α-hetero) is 1. The first-order chi connectivity index (χ1) is 13.6. The Bertz CT molecular complexity index is 1070. The zero-order chi connectivity index (χ0) is 19.5. The Morgan fingerprint density at radius 1 is 1.07 bits per heavy atom. The molecule has 0 amide bonds. The number of carbonyl (C=O) groups is 1. The second kappa shape index (κ2) is 7.87. The van der Waals surface area contributed by atoms with Crippen molar-refractivity contribution in [2.24, 2.45) is 0 Å². The number of rotatable bonds is 5. The number of aryl methyl sites for hydroxylation is 2. The molecule has 0 radical (unpaired) electrons. The maximum absolute atomic E-state index is 12.7. The highest BCUT2D eigenvalue weighted by molar-refractivity contribution is 7.11. The van der Waals surface area contributed by atoms with Crippen molar-refractivity contribution in [1.82, 2.24) is 0 Å². The lowest BCUT2D eigenvalue weighted by Crippen LogP contribution is -2.00. The zero-order valence-electron chi connectivity index (χ0n) is 15.8. The van der Waals surface area contributed by atoms with Gasteiger partial charge in [0, 0.05) is 17.0 Å². The third kappa shape index (κ3) is 3.78. The van der Waals surface area contributed by atoms with Crippen molar-refractivity contribution in [3.8, 4) is 11.5 Å². The van der Waals surface area contributed by atoms with Gasteiger partial charge in [0.15, 0.2) is 5.76 Å². The van der Waals surface area contributed by atoms with E-state index in [-0.39, 0.29) is 5.78 Å². The van der Waals surface area contributed by atoms with Gasteiger partial charge in [-0.3, -0.25) is 4.79 Å². The summed E-state index contributed by atoms with van der Waals surface area (Å²) in [6, 6.07) is 15.8. The molecule has 2 aromatic carbocycles. The predicted molar refractivity (Wildman–Crippen MR) is 114 cm³/mol. The molecule has 0 saturated heterocycles. The molecule has 1 aliphatic heterocycles. The molecule has 0 fully saturated rings.